The number of piperidine rings is 1. The minimum atomic E-state index is -0.900. The quantitative estimate of drug-likeness (QED) is 0.730. The van der Waals surface area contributed by atoms with E-state index >= 15 is 0 Å². The van der Waals surface area contributed by atoms with Gasteiger partial charge in [-0.2, -0.15) is 0 Å². The van der Waals surface area contributed by atoms with E-state index in [0.717, 1.165) is 13.0 Å². The highest BCUT2D eigenvalue weighted by Gasteiger charge is 2.27. The molecule has 1 aliphatic rings. The Bertz CT molecular complexity index is 219. The van der Waals surface area contributed by atoms with Gasteiger partial charge in [0.05, 0.1) is 0 Å². The van der Waals surface area contributed by atoms with Crippen molar-refractivity contribution >= 4 is 5.97 Å². The molecule has 88 valence electrons. The molecule has 1 heterocycles. The van der Waals surface area contributed by atoms with Crippen LogP contribution in [-0.4, -0.2) is 41.1 Å². The maximum absolute atomic E-state index is 10.7. The fourth-order valence-electron chi connectivity index (χ4n) is 2.33. The third kappa shape index (κ3) is 3.47. The molecule has 1 aliphatic heterocycles. The summed E-state index contributed by atoms with van der Waals surface area (Å²) in [5.41, 5.74) is 5.57. The zero-order valence-electron chi connectivity index (χ0n) is 9.65. The number of hydrogen-bond donors (Lipinski definition) is 2. The van der Waals surface area contributed by atoms with E-state index in [-0.39, 0.29) is 0 Å². The lowest BCUT2D eigenvalue weighted by molar-refractivity contribution is -0.139. The summed E-state index contributed by atoms with van der Waals surface area (Å²) in [5.74, 6) is -0.325. The van der Waals surface area contributed by atoms with Crippen LogP contribution in [0.15, 0.2) is 0 Å². The summed E-state index contributed by atoms with van der Waals surface area (Å²) >= 11 is 0. The second-order valence-electron chi connectivity index (χ2n) is 4.75. The largest absolute Gasteiger partial charge is 0.480 e. The Morgan fingerprint density at radius 1 is 1.53 bits per heavy atom. The number of nitrogens with zero attached hydrogens (tertiary/aromatic N) is 1. The van der Waals surface area contributed by atoms with Crippen molar-refractivity contribution in [2.24, 2.45) is 11.7 Å². The fraction of sp³-hybridized carbons (Fsp3) is 0.909. The summed E-state index contributed by atoms with van der Waals surface area (Å²) in [5, 5.41) is 8.79. The van der Waals surface area contributed by atoms with E-state index < -0.39 is 12.0 Å². The summed E-state index contributed by atoms with van der Waals surface area (Å²) < 4.78 is 0. The van der Waals surface area contributed by atoms with Crippen molar-refractivity contribution in [1.82, 2.24) is 4.90 Å². The van der Waals surface area contributed by atoms with E-state index in [9.17, 15) is 4.79 Å². The van der Waals surface area contributed by atoms with E-state index in [1.54, 1.807) is 0 Å². The first kappa shape index (κ1) is 12.5. The minimum absolute atomic E-state index is 0.484. The summed E-state index contributed by atoms with van der Waals surface area (Å²) in [4.78, 5) is 12.9. The summed E-state index contributed by atoms with van der Waals surface area (Å²) in [7, 11) is 0. The van der Waals surface area contributed by atoms with Crippen LogP contribution in [0.3, 0.4) is 0 Å². The van der Waals surface area contributed by atoms with Gasteiger partial charge < -0.3 is 10.8 Å². The molecular weight excluding hydrogens is 192 g/mol. The summed E-state index contributed by atoms with van der Waals surface area (Å²) in [6, 6.07) is -0.242. The molecule has 1 saturated heterocycles. The Morgan fingerprint density at radius 2 is 2.20 bits per heavy atom. The van der Waals surface area contributed by atoms with Gasteiger partial charge in [-0.25, -0.2) is 0 Å². The van der Waals surface area contributed by atoms with Crippen molar-refractivity contribution in [3.8, 4) is 0 Å². The van der Waals surface area contributed by atoms with Gasteiger partial charge in [-0.3, -0.25) is 9.69 Å². The average molecular weight is 214 g/mol. The topological polar surface area (TPSA) is 66.6 Å². The van der Waals surface area contributed by atoms with Crippen molar-refractivity contribution in [3.05, 3.63) is 0 Å². The predicted molar refractivity (Wildman–Crippen MR) is 59.7 cm³/mol. The molecule has 4 nitrogen and oxygen atoms in total. The Balaban J connectivity index is 2.53. The average Bonchev–Trinajstić information content (AvgIpc) is 2.18. The molecule has 0 aromatic rings. The van der Waals surface area contributed by atoms with Crippen LogP contribution < -0.4 is 5.73 Å². The van der Waals surface area contributed by atoms with E-state index in [2.05, 4.69) is 18.7 Å². The molecule has 0 aromatic heterocycles. The first-order valence-corrected chi connectivity index (χ1v) is 5.74. The van der Waals surface area contributed by atoms with Gasteiger partial charge >= 0.3 is 5.97 Å². The number of aliphatic carboxylic acids is 1. The molecule has 3 N–H and O–H groups in total. The molecule has 0 radical (unpaired) electrons. The van der Waals surface area contributed by atoms with Gasteiger partial charge in [0.25, 0.3) is 0 Å². The number of carbonyl (C=O) groups is 1. The lowest BCUT2D eigenvalue weighted by Gasteiger charge is -2.38. The molecule has 1 rings (SSSR count). The smallest absolute Gasteiger partial charge is 0.321 e. The lowest BCUT2D eigenvalue weighted by atomic mass is 9.92. The third-order valence-corrected chi connectivity index (χ3v) is 3.18. The van der Waals surface area contributed by atoms with Crippen molar-refractivity contribution in [1.29, 1.82) is 0 Å². The van der Waals surface area contributed by atoms with Gasteiger partial charge in [-0.05, 0) is 25.3 Å². The van der Waals surface area contributed by atoms with Gasteiger partial charge in [-0.15, -0.1) is 0 Å². The molecule has 2 atom stereocenters. The molecule has 0 aliphatic carbocycles. The molecule has 0 amide bonds. The summed E-state index contributed by atoms with van der Waals surface area (Å²) in [6.45, 7) is 5.85. The van der Waals surface area contributed by atoms with Crippen molar-refractivity contribution in [3.63, 3.8) is 0 Å². The Labute approximate surface area is 91.4 Å². The Morgan fingerprint density at radius 3 is 2.73 bits per heavy atom. The van der Waals surface area contributed by atoms with Crippen molar-refractivity contribution in [2.75, 3.05) is 13.1 Å². The van der Waals surface area contributed by atoms with Crippen molar-refractivity contribution < 1.29 is 9.90 Å². The molecular formula is C11H22N2O2. The lowest BCUT2D eigenvalue weighted by Crippen LogP contribution is -2.50. The molecule has 1 fully saturated rings. The monoisotopic (exact) mass is 214 g/mol. The van der Waals surface area contributed by atoms with Crippen LogP contribution in [0, 0.1) is 5.92 Å². The molecule has 15 heavy (non-hydrogen) atoms. The Hall–Kier alpha value is -0.610. The van der Waals surface area contributed by atoms with E-state index in [1.165, 1.54) is 12.8 Å². The third-order valence-electron chi connectivity index (χ3n) is 3.18. The number of nitrogens with two attached hydrogens (primary N) is 1. The SMILES string of the molecule is CC(C)C1CCCCN1CC(N)C(=O)O. The zero-order chi connectivity index (χ0) is 11.4. The van der Waals surface area contributed by atoms with Crippen molar-refractivity contribution in [2.45, 2.75) is 45.2 Å². The van der Waals surface area contributed by atoms with E-state index in [1.807, 2.05) is 0 Å². The summed E-state index contributed by atoms with van der Waals surface area (Å²) in [6.07, 6.45) is 3.58. The first-order chi connectivity index (χ1) is 7.02. The molecule has 0 bridgehead atoms. The predicted octanol–water partition coefficient (Wildman–Crippen LogP) is 0.909. The van der Waals surface area contributed by atoms with Gasteiger partial charge in [0.2, 0.25) is 0 Å². The van der Waals surface area contributed by atoms with Gasteiger partial charge in [0.1, 0.15) is 6.04 Å². The second-order valence-corrected chi connectivity index (χ2v) is 4.75. The van der Waals surface area contributed by atoms with Crippen LogP contribution in [0.25, 0.3) is 0 Å². The van der Waals surface area contributed by atoms with Crippen LogP contribution >= 0.6 is 0 Å². The van der Waals surface area contributed by atoms with Gasteiger partial charge in [0.15, 0.2) is 0 Å². The number of hydrogen-bond acceptors (Lipinski definition) is 3. The van der Waals surface area contributed by atoms with E-state index in [4.69, 9.17) is 10.8 Å². The highest BCUT2D eigenvalue weighted by Crippen LogP contribution is 2.22. The van der Waals surface area contributed by atoms with Gasteiger partial charge in [-0.1, -0.05) is 20.3 Å². The normalized spacial score (nSPS) is 25.5. The molecule has 0 saturated carbocycles. The number of rotatable bonds is 4. The maximum Gasteiger partial charge on any atom is 0.321 e. The minimum Gasteiger partial charge on any atom is -0.480 e. The standard InChI is InChI=1S/C11H22N2O2/c1-8(2)10-5-3-4-6-13(10)7-9(12)11(14)15/h8-10H,3-7,12H2,1-2H3,(H,14,15). The van der Waals surface area contributed by atoms with Gasteiger partial charge in [0, 0.05) is 12.6 Å². The van der Waals surface area contributed by atoms with Crippen LogP contribution in [0.1, 0.15) is 33.1 Å². The maximum atomic E-state index is 10.7. The molecule has 4 heteroatoms. The number of likely N-dealkylation sites (tertiary alicyclic amines) is 1. The highest BCUT2D eigenvalue weighted by molar-refractivity contribution is 5.73. The molecule has 0 aromatic carbocycles. The van der Waals surface area contributed by atoms with Crippen LogP contribution in [0.2, 0.25) is 0 Å². The Kier molecular flexibility index (Phi) is 4.54. The molecule has 2 unspecified atom stereocenters. The van der Waals surface area contributed by atoms with Crippen LogP contribution in [0.4, 0.5) is 0 Å². The molecule has 0 spiro atoms. The van der Waals surface area contributed by atoms with E-state index in [0.29, 0.717) is 18.5 Å². The number of carboxylic acid groups (broad SMARTS) is 1. The fourth-order valence-corrected chi connectivity index (χ4v) is 2.33. The number of carboxylic acids is 1. The first-order valence-electron chi connectivity index (χ1n) is 5.74. The van der Waals surface area contributed by atoms with Crippen LogP contribution in [0.5, 0.6) is 0 Å². The zero-order valence-corrected chi connectivity index (χ0v) is 9.65. The van der Waals surface area contributed by atoms with Crippen LogP contribution in [-0.2, 0) is 4.79 Å². The second kappa shape index (κ2) is 5.47. The highest BCUT2D eigenvalue weighted by atomic mass is 16.4.